The zero-order chi connectivity index (χ0) is 6.27. The Balaban J connectivity index is 2.07. The molecule has 0 aliphatic carbocycles. The summed E-state index contributed by atoms with van der Waals surface area (Å²) < 4.78 is 0. The number of hydrogen-bond acceptors (Lipinski definition) is 3. The molecular weight excluding hydrogens is 114 g/mol. The highest BCUT2D eigenvalue weighted by molar-refractivity contribution is 4.88. The molecule has 2 heterocycles. The fourth-order valence-corrected chi connectivity index (χ4v) is 1.84. The van der Waals surface area contributed by atoms with E-state index < -0.39 is 0 Å². The number of hydrazine groups is 1. The van der Waals surface area contributed by atoms with Crippen molar-refractivity contribution < 1.29 is 0 Å². The molecule has 0 aromatic heterocycles. The van der Waals surface area contributed by atoms with Crippen LogP contribution in [0.5, 0.6) is 0 Å². The molecule has 3 N–H and O–H groups in total. The highest BCUT2D eigenvalue weighted by Gasteiger charge is 2.32. The first-order valence-corrected chi connectivity index (χ1v) is 3.58. The molecule has 2 aliphatic heterocycles. The Kier molecular flexibility index (Phi) is 1.22. The van der Waals surface area contributed by atoms with Gasteiger partial charge in [-0.2, -0.15) is 0 Å². The summed E-state index contributed by atoms with van der Waals surface area (Å²) in [6, 6.07) is 0.628. The second-order valence-electron chi connectivity index (χ2n) is 3.11. The average molecular weight is 127 g/mol. The number of hydrogen-bond donors (Lipinski definition) is 2. The molecule has 2 unspecified atom stereocenters. The first-order chi connectivity index (χ1) is 4.36. The predicted molar refractivity (Wildman–Crippen MR) is 35.7 cm³/mol. The standard InChI is InChI=1S/C6H13N3/c7-9-4-5-1-6(9)3-8-2-5/h5-6,8H,1-4,7H2. The van der Waals surface area contributed by atoms with Crippen molar-refractivity contribution in [2.24, 2.45) is 11.8 Å². The van der Waals surface area contributed by atoms with Crippen molar-refractivity contribution in [2.75, 3.05) is 19.6 Å². The lowest BCUT2D eigenvalue weighted by Crippen LogP contribution is -2.42. The largest absolute Gasteiger partial charge is 0.315 e. The van der Waals surface area contributed by atoms with Gasteiger partial charge in [0.25, 0.3) is 0 Å². The van der Waals surface area contributed by atoms with Gasteiger partial charge in [-0.25, -0.2) is 5.01 Å². The quantitative estimate of drug-likeness (QED) is 0.417. The molecular formula is C6H13N3. The molecule has 2 aliphatic rings. The Morgan fingerprint density at radius 2 is 2.33 bits per heavy atom. The molecule has 0 aromatic carbocycles. The van der Waals surface area contributed by atoms with Crippen molar-refractivity contribution in [3.05, 3.63) is 0 Å². The van der Waals surface area contributed by atoms with Gasteiger partial charge in [-0.1, -0.05) is 0 Å². The topological polar surface area (TPSA) is 41.3 Å². The molecule has 2 rings (SSSR count). The minimum atomic E-state index is 0.628. The summed E-state index contributed by atoms with van der Waals surface area (Å²) in [5.41, 5.74) is 0. The van der Waals surface area contributed by atoms with Gasteiger partial charge in [-0.15, -0.1) is 0 Å². The molecule has 0 saturated carbocycles. The molecule has 3 nitrogen and oxygen atoms in total. The van der Waals surface area contributed by atoms with Crippen LogP contribution in [0.2, 0.25) is 0 Å². The van der Waals surface area contributed by atoms with Crippen LogP contribution in [0.1, 0.15) is 6.42 Å². The van der Waals surface area contributed by atoms with E-state index in [2.05, 4.69) is 5.32 Å². The average Bonchev–Trinajstić information content (AvgIpc) is 2.09. The summed E-state index contributed by atoms with van der Waals surface area (Å²) in [4.78, 5) is 0. The van der Waals surface area contributed by atoms with Gasteiger partial charge in [-0.3, -0.25) is 5.84 Å². The van der Waals surface area contributed by atoms with E-state index in [-0.39, 0.29) is 0 Å². The second-order valence-corrected chi connectivity index (χ2v) is 3.11. The Labute approximate surface area is 55.2 Å². The van der Waals surface area contributed by atoms with Gasteiger partial charge >= 0.3 is 0 Å². The molecule has 0 amide bonds. The summed E-state index contributed by atoms with van der Waals surface area (Å²) in [7, 11) is 0. The SMILES string of the molecule is NN1CC2CNCC1C2. The zero-order valence-electron chi connectivity index (χ0n) is 5.51. The molecule has 2 bridgehead atoms. The molecule has 0 aromatic rings. The van der Waals surface area contributed by atoms with Crippen molar-refractivity contribution in [1.82, 2.24) is 10.3 Å². The maximum atomic E-state index is 5.71. The fourth-order valence-electron chi connectivity index (χ4n) is 1.84. The van der Waals surface area contributed by atoms with Gasteiger partial charge in [0.1, 0.15) is 0 Å². The van der Waals surface area contributed by atoms with Crippen LogP contribution >= 0.6 is 0 Å². The molecule has 9 heavy (non-hydrogen) atoms. The number of piperidine rings is 1. The van der Waals surface area contributed by atoms with Gasteiger partial charge in [-0.05, 0) is 18.9 Å². The third-order valence-corrected chi connectivity index (χ3v) is 2.36. The highest BCUT2D eigenvalue weighted by Crippen LogP contribution is 2.21. The molecule has 3 heteroatoms. The number of fused-ring (bicyclic) bond motifs is 2. The lowest BCUT2D eigenvalue weighted by molar-refractivity contribution is 0.262. The molecule has 2 fully saturated rings. The van der Waals surface area contributed by atoms with Crippen LogP contribution in [0.15, 0.2) is 0 Å². The van der Waals surface area contributed by atoms with E-state index in [9.17, 15) is 0 Å². The van der Waals surface area contributed by atoms with Crippen LogP contribution in [-0.4, -0.2) is 30.7 Å². The number of nitrogens with zero attached hydrogens (tertiary/aromatic N) is 1. The second kappa shape index (κ2) is 1.94. The van der Waals surface area contributed by atoms with Gasteiger partial charge in [0.15, 0.2) is 0 Å². The van der Waals surface area contributed by atoms with Crippen molar-refractivity contribution >= 4 is 0 Å². The van der Waals surface area contributed by atoms with E-state index >= 15 is 0 Å². The Hall–Kier alpha value is -0.120. The normalized spacial score (nSPS) is 43.7. The number of rotatable bonds is 0. The van der Waals surface area contributed by atoms with Gasteiger partial charge in [0.05, 0.1) is 0 Å². The van der Waals surface area contributed by atoms with E-state index in [1.54, 1.807) is 0 Å². The smallest absolute Gasteiger partial charge is 0.0369 e. The molecule has 2 atom stereocenters. The maximum absolute atomic E-state index is 5.71. The van der Waals surface area contributed by atoms with Crippen molar-refractivity contribution in [3.63, 3.8) is 0 Å². The molecule has 2 saturated heterocycles. The minimum absolute atomic E-state index is 0.628. The number of nitrogens with two attached hydrogens (primary N) is 1. The van der Waals surface area contributed by atoms with Crippen LogP contribution in [0, 0.1) is 5.92 Å². The van der Waals surface area contributed by atoms with E-state index in [0.29, 0.717) is 6.04 Å². The van der Waals surface area contributed by atoms with Gasteiger partial charge in [0.2, 0.25) is 0 Å². The summed E-state index contributed by atoms with van der Waals surface area (Å²) in [6.45, 7) is 3.36. The fraction of sp³-hybridized carbons (Fsp3) is 1.00. The highest BCUT2D eigenvalue weighted by atomic mass is 15.4. The van der Waals surface area contributed by atoms with Crippen LogP contribution < -0.4 is 11.2 Å². The summed E-state index contributed by atoms with van der Waals surface area (Å²) in [5, 5.41) is 5.33. The Morgan fingerprint density at radius 3 is 3.00 bits per heavy atom. The third-order valence-electron chi connectivity index (χ3n) is 2.36. The first kappa shape index (κ1) is 5.65. The predicted octanol–water partition coefficient (Wildman–Crippen LogP) is -0.846. The molecule has 0 spiro atoms. The third kappa shape index (κ3) is 0.852. The monoisotopic (exact) mass is 127 g/mol. The van der Waals surface area contributed by atoms with Gasteiger partial charge in [0, 0.05) is 19.1 Å². The molecule has 52 valence electrons. The van der Waals surface area contributed by atoms with Crippen LogP contribution in [0.25, 0.3) is 0 Å². The Morgan fingerprint density at radius 1 is 1.44 bits per heavy atom. The van der Waals surface area contributed by atoms with E-state index in [0.717, 1.165) is 19.0 Å². The minimum Gasteiger partial charge on any atom is -0.315 e. The van der Waals surface area contributed by atoms with Crippen LogP contribution in [-0.2, 0) is 0 Å². The number of nitrogens with one attached hydrogen (secondary N) is 1. The molecule has 0 radical (unpaired) electrons. The summed E-state index contributed by atoms with van der Waals surface area (Å²) in [5.74, 6) is 6.54. The Bertz CT molecular complexity index is 113. The summed E-state index contributed by atoms with van der Waals surface area (Å²) in [6.07, 6.45) is 1.31. The van der Waals surface area contributed by atoms with Crippen molar-refractivity contribution in [3.8, 4) is 0 Å². The van der Waals surface area contributed by atoms with E-state index in [4.69, 9.17) is 5.84 Å². The lowest BCUT2D eigenvalue weighted by Gasteiger charge is -2.20. The van der Waals surface area contributed by atoms with E-state index in [1.807, 2.05) is 5.01 Å². The van der Waals surface area contributed by atoms with Crippen molar-refractivity contribution in [2.45, 2.75) is 12.5 Å². The van der Waals surface area contributed by atoms with E-state index in [1.165, 1.54) is 13.0 Å². The maximum Gasteiger partial charge on any atom is 0.0369 e. The lowest BCUT2D eigenvalue weighted by atomic mass is 10.0. The van der Waals surface area contributed by atoms with Crippen LogP contribution in [0.3, 0.4) is 0 Å². The summed E-state index contributed by atoms with van der Waals surface area (Å²) >= 11 is 0. The van der Waals surface area contributed by atoms with Crippen molar-refractivity contribution in [1.29, 1.82) is 0 Å². The zero-order valence-corrected chi connectivity index (χ0v) is 5.51. The van der Waals surface area contributed by atoms with Gasteiger partial charge < -0.3 is 5.32 Å². The van der Waals surface area contributed by atoms with Crippen LogP contribution in [0.4, 0.5) is 0 Å². The first-order valence-electron chi connectivity index (χ1n) is 3.58.